The van der Waals surface area contributed by atoms with Crippen LogP contribution >= 0.6 is 0 Å². The molecular weight excluding hydrogens is 218 g/mol. The lowest BCUT2D eigenvalue weighted by Gasteiger charge is -2.23. The van der Waals surface area contributed by atoms with Gasteiger partial charge in [-0.3, -0.25) is 0 Å². The Morgan fingerprint density at radius 3 is 2.47 bits per heavy atom. The summed E-state index contributed by atoms with van der Waals surface area (Å²) in [6, 6.07) is 0.283. The van der Waals surface area contributed by atoms with E-state index in [0.717, 1.165) is 19.4 Å². The molecule has 17 heavy (non-hydrogen) atoms. The van der Waals surface area contributed by atoms with Gasteiger partial charge in [0.2, 0.25) is 0 Å². The van der Waals surface area contributed by atoms with Crippen molar-refractivity contribution in [2.75, 3.05) is 33.5 Å². The van der Waals surface area contributed by atoms with Gasteiger partial charge in [-0.2, -0.15) is 0 Å². The van der Waals surface area contributed by atoms with Gasteiger partial charge in [0.05, 0.1) is 19.3 Å². The van der Waals surface area contributed by atoms with Crippen LogP contribution in [-0.2, 0) is 9.47 Å². The highest BCUT2D eigenvalue weighted by Gasteiger charge is 2.14. The van der Waals surface area contributed by atoms with Gasteiger partial charge in [0, 0.05) is 26.3 Å². The monoisotopic (exact) mass is 247 g/mol. The zero-order valence-corrected chi connectivity index (χ0v) is 11.7. The maximum atomic E-state index is 9.72. The molecule has 0 radical (unpaired) electrons. The highest BCUT2D eigenvalue weighted by molar-refractivity contribution is 4.72. The summed E-state index contributed by atoms with van der Waals surface area (Å²) in [6.45, 7) is 8.77. The van der Waals surface area contributed by atoms with Gasteiger partial charge in [0.1, 0.15) is 0 Å². The third kappa shape index (κ3) is 9.53. The van der Waals surface area contributed by atoms with Crippen LogP contribution in [0.1, 0.15) is 33.6 Å². The fourth-order valence-electron chi connectivity index (χ4n) is 1.48. The molecule has 0 aliphatic heterocycles. The number of ether oxygens (including phenoxy) is 2. The van der Waals surface area contributed by atoms with Crippen molar-refractivity contribution in [2.45, 2.75) is 45.8 Å². The minimum Gasteiger partial charge on any atom is -0.389 e. The van der Waals surface area contributed by atoms with Crippen molar-refractivity contribution in [1.82, 2.24) is 5.32 Å². The van der Waals surface area contributed by atoms with Gasteiger partial charge >= 0.3 is 0 Å². The zero-order valence-electron chi connectivity index (χ0n) is 11.7. The molecule has 0 spiro atoms. The topological polar surface area (TPSA) is 50.7 Å². The predicted molar refractivity (Wildman–Crippen MR) is 70.2 cm³/mol. The first-order valence-electron chi connectivity index (χ1n) is 6.59. The molecule has 0 saturated heterocycles. The van der Waals surface area contributed by atoms with E-state index in [4.69, 9.17) is 9.47 Å². The van der Waals surface area contributed by atoms with Gasteiger partial charge in [0.15, 0.2) is 0 Å². The second kappa shape index (κ2) is 11.0. The second-order valence-corrected chi connectivity index (χ2v) is 4.80. The maximum absolute atomic E-state index is 9.72. The van der Waals surface area contributed by atoms with Gasteiger partial charge in [-0.1, -0.05) is 27.2 Å². The second-order valence-electron chi connectivity index (χ2n) is 4.80. The van der Waals surface area contributed by atoms with E-state index in [1.54, 1.807) is 7.11 Å². The molecular formula is C13H29NO3. The molecule has 0 saturated carbocycles. The normalized spacial score (nSPS) is 15.2. The van der Waals surface area contributed by atoms with E-state index in [1.807, 2.05) is 0 Å². The third-order valence-electron chi connectivity index (χ3n) is 2.72. The van der Waals surface area contributed by atoms with Crippen LogP contribution in [0.4, 0.5) is 0 Å². The smallest absolute Gasteiger partial charge is 0.0897 e. The highest BCUT2D eigenvalue weighted by Crippen LogP contribution is 2.02. The Labute approximate surface area is 106 Å². The molecule has 0 aliphatic carbocycles. The van der Waals surface area contributed by atoms with Crippen LogP contribution in [0.25, 0.3) is 0 Å². The molecule has 0 aromatic rings. The summed E-state index contributed by atoms with van der Waals surface area (Å²) in [7, 11) is 1.70. The first-order chi connectivity index (χ1) is 8.11. The van der Waals surface area contributed by atoms with Crippen molar-refractivity contribution in [3.63, 3.8) is 0 Å². The minimum absolute atomic E-state index is 0.283. The van der Waals surface area contributed by atoms with Gasteiger partial charge < -0.3 is 19.9 Å². The van der Waals surface area contributed by atoms with E-state index in [1.165, 1.54) is 0 Å². The highest BCUT2D eigenvalue weighted by atomic mass is 16.5. The van der Waals surface area contributed by atoms with Gasteiger partial charge in [-0.15, -0.1) is 0 Å². The average molecular weight is 247 g/mol. The Bertz CT molecular complexity index is 165. The van der Waals surface area contributed by atoms with Crippen LogP contribution in [0.15, 0.2) is 0 Å². The fourth-order valence-corrected chi connectivity index (χ4v) is 1.48. The molecule has 0 aromatic heterocycles. The Morgan fingerprint density at radius 1 is 1.24 bits per heavy atom. The quantitative estimate of drug-likeness (QED) is 0.542. The molecule has 4 nitrogen and oxygen atoms in total. The first-order valence-corrected chi connectivity index (χ1v) is 6.59. The van der Waals surface area contributed by atoms with Crippen molar-refractivity contribution < 1.29 is 14.6 Å². The van der Waals surface area contributed by atoms with Gasteiger partial charge in [-0.25, -0.2) is 0 Å². The molecule has 2 N–H and O–H groups in total. The number of aliphatic hydroxyl groups excluding tert-OH is 1. The van der Waals surface area contributed by atoms with E-state index >= 15 is 0 Å². The Kier molecular flexibility index (Phi) is 10.9. The number of methoxy groups -OCH3 is 1. The molecule has 4 heteroatoms. The molecule has 104 valence electrons. The van der Waals surface area contributed by atoms with Crippen molar-refractivity contribution in [3.05, 3.63) is 0 Å². The summed E-state index contributed by atoms with van der Waals surface area (Å²) in [4.78, 5) is 0. The van der Waals surface area contributed by atoms with E-state index in [-0.39, 0.29) is 6.04 Å². The standard InChI is InChI=1S/C13H29NO3/c1-5-6-7-17-9-12(15)8-14-13(10-16-4)11(2)3/h11-15H,5-10H2,1-4H3. The van der Waals surface area contributed by atoms with E-state index < -0.39 is 6.10 Å². The van der Waals surface area contributed by atoms with Crippen LogP contribution in [0.3, 0.4) is 0 Å². The lowest BCUT2D eigenvalue weighted by atomic mass is 10.1. The summed E-state index contributed by atoms with van der Waals surface area (Å²) in [6.07, 6.45) is 1.74. The van der Waals surface area contributed by atoms with E-state index in [0.29, 0.717) is 25.7 Å². The van der Waals surface area contributed by atoms with Crippen molar-refractivity contribution >= 4 is 0 Å². The Hall–Kier alpha value is -0.160. The van der Waals surface area contributed by atoms with Crippen molar-refractivity contribution in [3.8, 4) is 0 Å². The number of nitrogens with one attached hydrogen (secondary N) is 1. The summed E-state index contributed by atoms with van der Waals surface area (Å²) in [5.41, 5.74) is 0. The molecule has 0 amide bonds. The van der Waals surface area contributed by atoms with Gasteiger partial charge in [0.25, 0.3) is 0 Å². The summed E-state index contributed by atoms with van der Waals surface area (Å²) in [5, 5.41) is 13.0. The number of aliphatic hydroxyl groups is 1. The fraction of sp³-hybridized carbons (Fsp3) is 1.00. The minimum atomic E-state index is -0.440. The number of unbranched alkanes of at least 4 members (excludes halogenated alkanes) is 1. The zero-order chi connectivity index (χ0) is 13.1. The molecule has 0 fully saturated rings. The summed E-state index contributed by atoms with van der Waals surface area (Å²) >= 11 is 0. The van der Waals surface area contributed by atoms with Crippen LogP contribution < -0.4 is 5.32 Å². The predicted octanol–water partition coefficient (Wildman–Crippen LogP) is 1.42. The molecule has 0 bridgehead atoms. The maximum Gasteiger partial charge on any atom is 0.0897 e. The van der Waals surface area contributed by atoms with Crippen LogP contribution in [0, 0.1) is 5.92 Å². The summed E-state index contributed by atoms with van der Waals surface area (Å²) < 4.78 is 10.5. The first kappa shape index (κ1) is 16.8. The molecule has 2 unspecified atom stereocenters. The number of hydrogen-bond acceptors (Lipinski definition) is 4. The molecule has 2 atom stereocenters. The third-order valence-corrected chi connectivity index (χ3v) is 2.72. The average Bonchev–Trinajstić information content (AvgIpc) is 2.29. The molecule has 0 heterocycles. The van der Waals surface area contributed by atoms with Crippen LogP contribution in [0.5, 0.6) is 0 Å². The largest absolute Gasteiger partial charge is 0.389 e. The lowest BCUT2D eigenvalue weighted by molar-refractivity contribution is 0.0312. The Balaban J connectivity index is 3.61. The Morgan fingerprint density at radius 2 is 1.94 bits per heavy atom. The van der Waals surface area contributed by atoms with Crippen molar-refractivity contribution in [1.29, 1.82) is 0 Å². The van der Waals surface area contributed by atoms with Gasteiger partial charge in [-0.05, 0) is 12.3 Å². The van der Waals surface area contributed by atoms with Crippen molar-refractivity contribution in [2.24, 2.45) is 5.92 Å². The van der Waals surface area contributed by atoms with Crippen LogP contribution in [0.2, 0.25) is 0 Å². The summed E-state index contributed by atoms with van der Waals surface area (Å²) in [5.74, 6) is 0.489. The molecule has 0 rings (SSSR count). The molecule has 0 aromatic carbocycles. The SMILES string of the molecule is CCCCOCC(O)CNC(COC)C(C)C. The number of rotatable bonds is 11. The number of hydrogen-bond donors (Lipinski definition) is 2. The van der Waals surface area contributed by atoms with Crippen LogP contribution in [-0.4, -0.2) is 50.7 Å². The van der Waals surface area contributed by atoms with E-state index in [9.17, 15) is 5.11 Å². The van der Waals surface area contributed by atoms with E-state index in [2.05, 4.69) is 26.1 Å². The lowest BCUT2D eigenvalue weighted by Crippen LogP contribution is -2.42. The molecule has 0 aliphatic rings.